The number of hydrogen-bond donors (Lipinski definition) is 2. The van der Waals surface area contributed by atoms with Crippen molar-refractivity contribution in [1.29, 1.82) is 0 Å². The van der Waals surface area contributed by atoms with Crippen molar-refractivity contribution in [3.63, 3.8) is 0 Å². The van der Waals surface area contributed by atoms with E-state index in [-0.39, 0.29) is 24.8 Å². The zero-order valence-corrected chi connectivity index (χ0v) is 14.6. The number of urea groups is 1. The van der Waals surface area contributed by atoms with E-state index in [0.29, 0.717) is 25.9 Å². The van der Waals surface area contributed by atoms with E-state index in [1.54, 1.807) is 4.90 Å². The normalized spacial score (nSPS) is 14.5. The molecular formula is C20H23N3O3. The fourth-order valence-electron chi connectivity index (χ4n) is 2.89. The minimum Gasteiger partial charge on any atom is -0.445 e. The number of amides is 3. The lowest BCUT2D eigenvalue weighted by Crippen LogP contribution is -2.47. The maximum Gasteiger partial charge on any atom is 0.410 e. The summed E-state index contributed by atoms with van der Waals surface area (Å²) in [4.78, 5) is 25.9. The fraction of sp³-hybridized carbons (Fsp3) is 0.300. The van der Waals surface area contributed by atoms with Gasteiger partial charge in [-0.15, -0.1) is 0 Å². The molecule has 26 heavy (non-hydrogen) atoms. The van der Waals surface area contributed by atoms with Crippen molar-refractivity contribution in [2.24, 2.45) is 0 Å². The van der Waals surface area contributed by atoms with E-state index in [1.807, 2.05) is 60.7 Å². The molecule has 0 unspecified atom stereocenters. The molecule has 0 saturated carbocycles. The van der Waals surface area contributed by atoms with E-state index in [1.165, 1.54) is 0 Å². The van der Waals surface area contributed by atoms with Crippen LogP contribution in [0.4, 0.5) is 15.3 Å². The van der Waals surface area contributed by atoms with Gasteiger partial charge in [-0.25, -0.2) is 9.59 Å². The monoisotopic (exact) mass is 353 g/mol. The largest absolute Gasteiger partial charge is 0.445 e. The van der Waals surface area contributed by atoms with Gasteiger partial charge in [-0.05, 0) is 30.5 Å². The minimum atomic E-state index is -0.305. The predicted octanol–water partition coefficient (Wildman–Crippen LogP) is 3.61. The summed E-state index contributed by atoms with van der Waals surface area (Å²) in [5.74, 6) is 0. The van der Waals surface area contributed by atoms with Gasteiger partial charge in [0.25, 0.3) is 0 Å². The van der Waals surface area contributed by atoms with Gasteiger partial charge >= 0.3 is 12.1 Å². The highest BCUT2D eigenvalue weighted by atomic mass is 16.6. The van der Waals surface area contributed by atoms with Crippen molar-refractivity contribution in [2.75, 3.05) is 18.4 Å². The molecule has 6 heteroatoms. The number of hydrogen-bond acceptors (Lipinski definition) is 3. The number of nitrogens with one attached hydrogen (secondary N) is 2. The zero-order valence-electron chi connectivity index (χ0n) is 14.6. The molecule has 0 aliphatic carbocycles. The van der Waals surface area contributed by atoms with Crippen LogP contribution >= 0.6 is 0 Å². The molecule has 0 aromatic heterocycles. The summed E-state index contributed by atoms with van der Waals surface area (Å²) in [6, 6.07) is 18.8. The highest BCUT2D eigenvalue weighted by Crippen LogP contribution is 2.13. The Morgan fingerprint density at radius 3 is 2.23 bits per heavy atom. The number of anilines is 1. The van der Waals surface area contributed by atoms with E-state index < -0.39 is 0 Å². The van der Waals surface area contributed by atoms with Gasteiger partial charge in [0.05, 0.1) is 0 Å². The van der Waals surface area contributed by atoms with Gasteiger partial charge in [0.1, 0.15) is 6.61 Å². The first-order valence-corrected chi connectivity index (χ1v) is 8.79. The van der Waals surface area contributed by atoms with Gasteiger partial charge in [0.2, 0.25) is 0 Å². The molecule has 3 rings (SSSR count). The molecule has 2 N–H and O–H groups in total. The summed E-state index contributed by atoms with van der Waals surface area (Å²) in [6.07, 6.45) is 1.12. The van der Waals surface area contributed by atoms with E-state index >= 15 is 0 Å². The van der Waals surface area contributed by atoms with E-state index in [4.69, 9.17) is 4.74 Å². The summed E-state index contributed by atoms with van der Waals surface area (Å²) in [5, 5.41) is 5.76. The number of carbonyl (C=O) groups excluding carboxylic acids is 2. The van der Waals surface area contributed by atoms with Crippen LogP contribution in [-0.4, -0.2) is 36.2 Å². The molecule has 0 atom stereocenters. The lowest BCUT2D eigenvalue weighted by atomic mass is 10.1. The van der Waals surface area contributed by atoms with Crippen LogP contribution in [0.5, 0.6) is 0 Å². The topological polar surface area (TPSA) is 70.7 Å². The van der Waals surface area contributed by atoms with Gasteiger partial charge in [-0.3, -0.25) is 0 Å². The Balaban J connectivity index is 1.38. The van der Waals surface area contributed by atoms with Crippen molar-refractivity contribution >= 4 is 17.8 Å². The number of ether oxygens (including phenoxy) is 1. The number of piperidine rings is 1. The first-order chi connectivity index (χ1) is 12.7. The molecule has 1 aliphatic rings. The molecule has 1 fully saturated rings. The Bertz CT molecular complexity index is 714. The lowest BCUT2D eigenvalue weighted by Gasteiger charge is -2.31. The summed E-state index contributed by atoms with van der Waals surface area (Å²) < 4.78 is 5.35. The molecule has 0 bridgehead atoms. The van der Waals surface area contributed by atoms with Crippen molar-refractivity contribution < 1.29 is 14.3 Å². The van der Waals surface area contributed by atoms with Gasteiger partial charge < -0.3 is 20.3 Å². The van der Waals surface area contributed by atoms with E-state index in [2.05, 4.69) is 10.6 Å². The predicted molar refractivity (Wildman–Crippen MR) is 99.8 cm³/mol. The Morgan fingerprint density at radius 2 is 1.58 bits per heavy atom. The van der Waals surface area contributed by atoms with Crippen molar-refractivity contribution in [3.05, 3.63) is 66.2 Å². The van der Waals surface area contributed by atoms with Gasteiger partial charge in [-0.1, -0.05) is 48.5 Å². The molecule has 2 aromatic rings. The Morgan fingerprint density at radius 1 is 0.962 bits per heavy atom. The van der Waals surface area contributed by atoms with Gasteiger partial charge in [-0.2, -0.15) is 0 Å². The summed E-state index contributed by atoms with van der Waals surface area (Å²) in [6.45, 7) is 1.42. The third-order valence-corrected chi connectivity index (χ3v) is 4.33. The number of nitrogens with zero attached hydrogens (tertiary/aromatic N) is 1. The quantitative estimate of drug-likeness (QED) is 0.882. The lowest BCUT2D eigenvalue weighted by molar-refractivity contribution is 0.0860. The summed E-state index contributed by atoms with van der Waals surface area (Å²) >= 11 is 0. The van der Waals surface area contributed by atoms with Crippen LogP contribution in [0.15, 0.2) is 60.7 Å². The third kappa shape index (κ3) is 5.24. The van der Waals surface area contributed by atoms with E-state index in [0.717, 1.165) is 11.3 Å². The molecule has 6 nitrogen and oxygen atoms in total. The second kappa shape index (κ2) is 8.89. The van der Waals surface area contributed by atoms with Crippen molar-refractivity contribution in [3.8, 4) is 0 Å². The first-order valence-electron chi connectivity index (χ1n) is 8.79. The summed E-state index contributed by atoms with van der Waals surface area (Å²) in [7, 11) is 0. The molecule has 136 valence electrons. The second-order valence-corrected chi connectivity index (χ2v) is 6.27. The number of carbonyl (C=O) groups is 2. The highest BCUT2D eigenvalue weighted by Gasteiger charge is 2.24. The standard InChI is InChI=1S/C20H23N3O3/c24-19(21-17-9-5-2-6-10-17)22-18-11-13-23(14-12-18)20(25)26-15-16-7-3-1-4-8-16/h1-10,18H,11-15H2,(H2,21,22,24). The molecule has 1 saturated heterocycles. The van der Waals surface area contributed by atoms with Crippen LogP contribution in [0.2, 0.25) is 0 Å². The molecule has 0 radical (unpaired) electrons. The molecule has 1 heterocycles. The maximum atomic E-state index is 12.1. The van der Waals surface area contributed by atoms with Crippen LogP contribution in [0, 0.1) is 0 Å². The van der Waals surface area contributed by atoms with Crippen molar-refractivity contribution in [1.82, 2.24) is 10.2 Å². The second-order valence-electron chi connectivity index (χ2n) is 6.27. The Labute approximate surface area is 153 Å². The molecule has 2 aromatic carbocycles. The van der Waals surface area contributed by atoms with Crippen LogP contribution in [0.1, 0.15) is 18.4 Å². The molecule has 3 amide bonds. The fourth-order valence-corrected chi connectivity index (χ4v) is 2.89. The Kier molecular flexibility index (Phi) is 6.09. The third-order valence-electron chi connectivity index (χ3n) is 4.33. The minimum absolute atomic E-state index is 0.0527. The highest BCUT2D eigenvalue weighted by molar-refractivity contribution is 5.89. The van der Waals surface area contributed by atoms with Crippen LogP contribution in [-0.2, 0) is 11.3 Å². The number of rotatable bonds is 4. The smallest absolute Gasteiger partial charge is 0.410 e. The van der Waals surface area contributed by atoms with Gasteiger partial charge in [0.15, 0.2) is 0 Å². The maximum absolute atomic E-state index is 12.1. The molecular weight excluding hydrogens is 330 g/mol. The number of benzene rings is 2. The number of para-hydroxylation sites is 1. The molecule has 0 spiro atoms. The van der Waals surface area contributed by atoms with Crippen molar-refractivity contribution in [2.45, 2.75) is 25.5 Å². The average Bonchev–Trinajstić information content (AvgIpc) is 2.68. The Hall–Kier alpha value is -3.02. The number of likely N-dealkylation sites (tertiary alicyclic amines) is 1. The first kappa shape index (κ1) is 17.8. The van der Waals surface area contributed by atoms with Crippen LogP contribution < -0.4 is 10.6 Å². The zero-order chi connectivity index (χ0) is 18.2. The SMILES string of the molecule is O=C(Nc1ccccc1)NC1CCN(C(=O)OCc2ccccc2)CC1. The van der Waals surface area contributed by atoms with E-state index in [9.17, 15) is 9.59 Å². The van der Waals surface area contributed by atoms with Crippen LogP contribution in [0.25, 0.3) is 0 Å². The summed E-state index contributed by atoms with van der Waals surface area (Å²) in [5.41, 5.74) is 1.72. The average molecular weight is 353 g/mol. The van der Waals surface area contributed by atoms with Crippen LogP contribution in [0.3, 0.4) is 0 Å². The van der Waals surface area contributed by atoms with Gasteiger partial charge in [0, 0.05) is 24.8 Å². The molecule has 1 aliphatic heterocycles.